The number of hydrogen-bond acceptors (Lipinski definition) is 7. The van der Waals surface area contributed by atoms with Crippen LogP contribution in [-0.4, -0.2) is 81.1 Å². The zero-order chi connectivity index (χ0) is 24.5. The van der Waals surface area contributed by atoms with Crippen molar-refractivity contribution < 1.29 is 39.3 Å². The van der Waals surface area contributed by atoms with Gasteiger partial charge in [0.05, 0.1) is 12.6 Å². The quantitative estimate of drug-likeness (QED) is 0.233. The van der Waals surface area contributed by atoms with E-state index >= 15 is 0 Å². The van der Waals surface area contributed by atoms with Gasteiger partial charge in [0.1, 0.15) is 17.8 Å². The summed E-state index contributed by atoms with van der Waals surface area (Å²) in [5, 5.41) is 32.3. The predicted octanol–water partition coefficient (Wildman–Crippen LogP) is -1.20. The number of rotatable bonds is 11. The molecule has 0 radical (unpaired) electrons. The standard InChI is InChI=1S/C21H28N4O8/c22-14(7-8-18(28)29)19(30)23-11-17(27)24-15(10-12-3-5-13(26)6-4-12)20(31)25-9-1-2-16(25)21(32)33/h3-6,14-16,26H,1-2,7-11,22H2,(H,23,30)(H,24,27)(H,28,29)(H,32,33). The highest BCUT2D eigenvalue weighted by Crippen LogP contribution is 2.20. The van der Waals surface area contributed by atoms with Crippen molar-refractivity contribution >= 4 is 29.7 Å². The van der Waals surface area contributed by atoms with Crippen molar-refractivity contribution in [1.29, 1.82) is 0 Å². The van der Waals surface area contributed by atoms with E-state index in [4.69, 9.17) is 10.8 Å². The highest BCUT2D eigenvalue weighted by atomic mass is 16.4. The summed E-state index contributed by atoms with van der Waals surface area (Å²) >= 11 is 0. The van der Waals surface area contributed by atoms with Crippen LogP contribution in [0.4, 0.5) is 0 Å². The van der Waals surface area contributed by atoms with Gasteiger partial charge < -0.3 is 36.6 Å². The minimum atomic E-state index is -1.13. The van der Waals surface area contributed by atoms with Crippen LogP contribution in [0, 0.1) is 0 Å². The Morgan fingerprint density at radius 2 is 1.79 bits per heavy atom. The fourth-order valence-corrected chi connectivity index (χ4v) is 3.51. The Balaban J connectivity index is 2.05. The molecule has 1 aliphatic rings. The van der Waals surface area contributed by atoms with Gasteiger partial charge >= 0.3 is 11.9 Å². The molecule has 1 saturated heterocycles. The number of nitrogens with two attached hydrogens (primary N) is 1. The van der Waals surface area contributed by atoms with Crippen LogP contribution in [0.3, 0.4) is 0 Å². The van der Waals surface area contributed by atoms with Crippen molar-refractivity contribution in [3.05, 3.63) is 29.8 Å². The second-order valence-corrected chi connectivity index (χ2v) is 7.78. The van der Waals surface area contributed by atoms with Crippen LogP contribution in [-0.2, 0) is 30.4 Å². The molecule has 0 saturated carbocycles. The summed E-state index contributed by atoms with van der Waals surface area (Å²) < 4.78 is 0. The Hall–Kier alpha value is -3.67. The van der Waals surface area contributed by atoms with Gasteiger partial charge in [0.15, 0.2) is 0 Å². The van der Waals surface area contributed by atoms with E-state index in [9.17, 15) is 34.2 Å². The Bertz CT molecular complexity index is 889. The first-order valence-corrected chi connectivity index (χ1v) is 10.4. The van der Waals surface area contributed by atoms with Crippen molar-refractivity contribution in [2.24, 2.45) is 5.73 Å². The molecule has 12 heteroatoms. The lowest BCUT2D eigenvalue weighted by molar-refractivity contribution is -0.149. The van der Waals surface area contributed by atoms with Crippen LogP contribution in [0.25, 0.3) is 0 Å². The van der Waals surface area contributed by atoms with Gasteiger partial charge in [0, 0.05) is 19.4 Å². The Labute approximate surface area is 189 Å². The molecule has 1 aliphatic heterocycles. The van der Waals surface area contributed by atoms with Crippen molar-refractivity contribution in [1.82, 2.24) is 15.5 Å². The second-order valence-electron chi connectivity index (χ2n) is 7.78. The molecule has 0 spiro atoms. The van der Waals surface area contributed by atoms with Gasteiger partial charge in [-0.05, 0) is 37.0 Å². The zero-order valence-electron chi connectivity index (χ0n) is 17.9. The maximum atomic E-state index is 13.1. The first kappa shape index (κ1) is 25.6. The highest BCUT2D eigenvalue weighted by Gasteiger charge is 2.37. The van der Waals surface area contributed by atoms with Gasteiger partial charge in [0.2, 0.25) is 17.7 Å². The third-order valence-electron chi connectivity index (χ3n) is 5.26. The number of phenols is 1. The lowest BCUT2D eigenvalue weighted by Crippen LogP contribution is -2.54. The zero-order valence-corrected chi connectivity index (χ0v) is 17.9. The van der Waals surface area contributed by atoms with Gasteiger partial charge in [0.25, 0.3) is 0 Å². The molecule has 180 valence electrons. The van der Waals surface area contributed by atoms with Crippen LogP contribution in [0.5, 0.6) is 5.75 Å². The van der Waals surface area contributed by atoms with E-state index in [0.29, 0.717) is 18.4 Å². The normalized spacial score (nSPS) is 17.1. The number of carbonyl (C=O) groups excluding carboxylic acids is 3. The summed E-state index contributed by atoms with van der Waals surface area (Å²) in [7, 11) is 0. The molecule has 3 unspecified atom stereocenters. The lowest BCUT2D eigenvalue weighted by Gasteiger charge is -2.27. The van der Waals surface area contributed by atoms with Crippen molar-refractivity contribution in [3.8, 4) is 5.75 Å². The largest absolute Gasteiger partial charge is 0.508 e. The van der Waals surface area contributed by atoms with E-state index in [-0.39, 0.29) is 31.6 Å². The van der Waals surface area contributed by atoms with E-state index in [1.807, 2.05) is 0 Å². The number of benzene rings is 1. The van der Waals surface area contributed by atoms with Crippen molar-refractivity contribution in [2.75, 3.05) is 13.1 Å². The van der Waals surface area contributed by atoms with Crippen LogP contribution in [0.2, 0.25) is 0 Å². The van der Waals surface area contributed by atoms with Gasteiger partial charge in [-0.1, -0.05) is 12.1 Å². The average molecular weight is 464 g/mol. The predicted molar refractivity (Wildman–Crippen MR) is 114 cm³/mol. The number of aromatic hydroxyl groups is 1. The summed E-state index contributed by atoms with van der Waals surface area (Å²) in [6, 6.07) is 2.81. The minimum absolute atomic E-state index is 0.0260. The number of nitrogens with one attached hydrogen (secondary N) is 2. The number of amides is 3. The summed E-state index contributed by atoms with van der Waals surface area (Å²) in [5.41, 5.74) is 6.22. The van der Waals surface area contributed by atoms with E-state index < -0.39 is 54.3 Å². The Morgan fingerprint density at radius 1 is 1.12 bits per heavy atom. The van der Waals surface area contributed by atoms with Crippen LogP contribution >= 0.6 is 0 Å². The first-order chi connectivity index (χ1) is 15.6. The molecule has 0 aliphatic carbocycles. The second kappa shape index (κ2) is 11.8. The number of likely N-dealkylation sites (tertiary alicyclic amines) is 1. The third kappa shape index (κ3) is 7.75. The first-order valence-electron chi connectivity index (χ1n) is 10.4. The fraction of sp³-hybridized carbons (Fsp3) is 0.476. The summed E-state index contributed by atoms with van der Waals surface area (Å²) in [4.78, 5) is 60.8. The van der Waals surface area contributed by atoms with Gasteiger partial charge in [-0.15, -0.1) is 0 Å². The van der Waals surface area contributed by atoms with E-state index in [0.717, 1.165) is 0 Å². The number of hydrogen-bond donors (Lipinski definition) is 6. The van der Waals surface area contributed by atoms with Crippen molar-refractivity contribution in [3.63, 3.8) is 0 Å². The number of carboxylic acids is 2. The smallest absolute Gasteiger partial charge is 0.326 e. The number of phenolic OH excluding ortho intramolecular Hbond substituents is 1. The Morgan fingerprint density at radius 3 is 2.39 bits per heavy atom. The van der Waals surface area contributed by atoms with E-state index in [1.165, 1.54) is 17.0 Å². The average Bonchev–Trinajstić information content (AvgIpc) is 3.26. The SMILES string of the molecule is NC(CCC(=O)O)C(=O)NCC(=O)NC(Cc1ccc(O)cc1)C(=O)N1CCCC1C(=O)O. The number of aliphatic carboxylic acids is 2. The van der Waals surface area contributed by atoms with Crippen LogP contribution in [0.15, 0.2) is 24.3 Å². The maximum Gasteiger partial charge on any atom is 0.326 e. The molecule has 0 aromatic heterocycles. The molecule has 7 N–H and O–H groups in total. The van der Waals surface area contributed by atoms with E-state index in [1.54, 1.807) is 12.1 Å². The topological polar surface area (TPSA) is 199 Å². The molecule has 33 heavy (non-hydrogen) atoms. The van der Waals surface area contributed by atoms with Crippen LogP contribution < -0.4 is 16.4 Å². The number of carboxylic acid groups (broad SMARTS) is 2. The molecule has 3 amide bonds. The summed E-state index contributed by atoms with van der Waals surface area (Å²) in [6.45, 7) is -0.256. The molecule has 3 atom stereocenters. The molecular weight excluding hydrogens is 436 g/mol. The van der Waals surface area contributed by atoms with Gasteiger partial charge in [-0.2, -0.15) is 0 Å². The minimum Gasteiger partial charge on any atom is -0.508 e. The summed E-state index contributed by atoms with van der Waals surface area (Å²) in [5.74, 6) is -4.18. The molecule has 2 rings (SSSR count). The lowest BCUT2D eigenvalue weighted by atomic mass is 10.0. The monoisotopic (exact) mass is 464 g/mol. The fourth-order valence-electron chi connectivity index (χ4n) is 3.51. The van der Waals surface area contributed by atoms with Crippen LogP contribution in [0.1, 0.15) is 31.2 Å². The molecule has 1 aromatic rings. The molecule has 1 heterocycles. The highest BCUT2D eigenvalue weighted by molar-refractivity contribution is 5.93. The number of nitrogens with zero attached hydrogens (tertiary/aromatic N) is 1. The van der Waals surface area contributed by atoms with E-state index in [2.05, 4.69) is 10.6 Å². The molecule has 1 fully saturated rings. The molecule has 12 nitrogen and oxygen atoms in total. The van der Waals surface area contributed by atoms with Gasteiger partial charge in [-0.3, -0.25) is 19.2 Å². The third-order valence-corrected chi connectivity index (χ3v) is 5.26. The number of carbonyl (C=O) groups is 5. The molecule has 0 bridgehead atoms. The van der Waals surface area contributed by atoms with Gasteiger partial charge in [-0.25, -0.2) is 4.79 Å². The summed E-state index contributed by atoms with van der Waals surface area (Å²) in [6.07, 6.45) is 0.471. The molecule has 1 aromatic carbocycles. The Kier molecular flexibility index (Phi) is 9.16. The molecular formula is C21H28N4O8. The van der Waals surface area contributed by atoms with Crippen molar-refractivity contribution in [2.45, 2.75) is 50.2 Å². The maximum absolute atomic E-state index is 13.1.